The zero-order valence-electron chi connectivity index (χ0n) is 9.44. The van der Waals surface area contributed by atoms with Gasteiger partial charge in [0.05, 0.1) is 6.54 Å². The topological polar surface area (TPSA) is 77.6 Å². The maximum absolute atomic E-state index is 8.59. The maximum Gasteiger partial charge on any atom is 0.203 e. The van der Waals surface area contributed by atoms with E-state index in [1.54, 1.807) is 12.3 Å². The van der Waals surface area contributed by atoms with Crippen molar-refractivity contribution in [1.82, 2.24) is 15.3 Å². The molecule has 2 rings (SSSR count). The van der Waals surface area contributed by atoms with Crippen LogP contribution in [0.15, 0.2) is 28.9 Å². The van der Waals surface area contributed by atoms with Crippen LogP contribution >= 0.6 is 0 Å². The zero-order valence-corrected chi connectivity index (χ0v) is 9.44. The van der Waals surface area contributed by atoms with E-state index in [1.165, 1.54) is 0 Å². The summed E-state index contributed by atoms with van der Waals surface area (Å²) < 4.78 is 5.24. The molecule has 5 heteroatoms. The van der Waals surface area contributed by atoms with Crippen LogP contribution < -0.4 is 5.32 Å². The van der Waals surface area contributed by atoms with Gasteiger partial charge in [0, 0.05) is 18.8 Å². The number of H-pyrrole nitrogens is 1. The van der Waals surface area contributed by atoms with Crippen molar-refractivity contribution in [3.8, 4) is 6.07 Å². The number of nitrogens with one attached hydrogen (secondary N) is 2. The molecule has 2 heterocycles. The van der Waals surface area contributed by atoms with Gasteiger partial charge in [0.1, 0.15) is 17.7 Å². The van der Waals surface area contributed by atoms with Crippen molar-refractivity contribution in [2.75, 3.05) is 6.54 Å². The molecule has 0 saturated carbocycles. The highest BCUT2D eigenvalue weighted by molar-refractivity contribution is 5.18. The van der Waals surface area contributed by atoms with Crippen molar-refractivity contribution < 1.29 is 4.42 Å². The van der Waals surface area contributed by atoms with Gasteiger partial charge in [-0.1, -0.05) is 0 Å². The van der Waals surface area contributed by atoms with E-state index in [0.29, 0.717) is 12.3 Å². The summed E-state index contributed by atoms with van der Waals surface area (Å²) in [7, 11) is 0. The summed E-state index contributed by atoms with van der Waals surface area (Å²) in [6.45, 7) is 1.54. The number of hydrogen-bond donors (Lipinski definition) is 2. The van der Waals surface area contributed by atoms with E-state index in [4.69, 9.17) is 9.68 Å². The van der Waals surface area contributed by atoms with E-state index in [0.717, 1.165) is 31.0 Å². The molecule has 0 radical (unpaired) electrons. The first-order chi connectivity index (χ1) is 8.38. The Balaban J connectivity index is 1.62. The third-order valence-corrected chi connectivity index (χ3v) is 2.39. The highest BCUT2D eigenvalue weighted by Gasteiger charge is 2.00. The Kier molecular flexibility index (Phi) is 3.95. The van der Waals surface area contributed by atoms with Crippen molar-refractivity contribution in [2.45, 2.75) is 19.4 Å². The smallest absolute Gasteiger partial charge is 0.203 e. The van der Waals surface area contributed by atoms with Gasteiger partial charge in [-0.2, -0.15) is 5.26 Å². The van der Waals surface area contributed by atoms with E-state index in [1.807, 2.05) is 18.3 Å². The monoisotopic (exact) mass is 230 g/mol. The van der Waals surface area contributed by atoms with Gasteiger partial charge in [0.2, 0.25) is 5.76 Å². The maximum atomic E-state index is 8.59. The lowest BCUT2D eigenvalue weighted by Gasteiger charge is -2.01. The molecule has 0 atom stereocenters. The minimum absolute atomic E-state index is 0.359. The van der Waals surface area contributed by atoms with Crippen molar-refractivity contribution in [3.05, 3.63) is 41.9 Å². The van der Waals surface area contributed by atoms with Gasteiger partial charge in [-0.15, -0.1) is 0 Å². The highest BCUT2D eigenvalue weighted by atomic mass is 16.3. The molecule has 0 unspecified atom stereocenters. The number of aromatic amines is 1. The van der Waals surface area contributed by atoms with Gasteiger partial charge < -0.3 is 14.7 Å². The molecule has 0 fully saturated rings. The largest absolute Gasteiger partial charge is 0.449 e. The molecule has 0 bridgehead atoms. The normalized spacial score (nSPS) is 10.3. The number of aromatic nitrogens is 2. The van der Waals surface area contributed by atoms with Gasteiger partial charge >= 0.3 is 0 Å². The number of rotatable bonds is 6. The Bertz CT molecular complexity index is 481. The molecule has 88 valence electrons. The van der Waals surface area contributed by atoms with Gasteiger partial charge in [0.25, 0.3) is 0 Å². The van der Waals surface area contributed by atoms with Gasteiger partial charge in [-0.3, -0.25) is 0 Å². The molecule has 2 aromatic rings. The molecule has 2 N–H and O–H groups in total. The second-order valence-electron chi connectivity index (χ2n) is 3.69. The number of hydrogen-bond acceptors (Lipinski definition) is 4. The molecule has 0 aliphatic heterocycles. The van der Waals surface area contributed by atoms with Crippen LogP contribution in [0.2, 0.25) is 0 Å². The number of furan rings is 1. The SMILES string of the molecule is N#Cc1ccc(CNCCCc2ncc[nH]2)o1. The van der Waals surface area contributed by atoms with Crippen LogP contribution in [0, 0.1) is 11.3 Å². The second-order valence-corrected chi connectivity index (χ2v) is 3.69. The predicted octanol–water partition coefficient (Wildman–Crippen LogP) is 1.60. The number of imidazole rings is 1. The van der Waals surface area contributed by atoms with Crippen LogP contribution in [0.5, 0.6) is 0 Å². The number of aryl methyl sites for hydroxylation is 1. The Morgan fingerprint density at radius 2 is 2.41 bits per heavy atom. The lowest BCUT2D eigenvalue weighted by molar-refractivity contribution is 0.472. The van der Waals surface area contributed by atoms with E-state index < -0.39 is 0 Å². The average Bonchev–Trinajstić information content (AvgIpc) is 2.99. The minimum atomic E-state index is 0.359. The summed E-state index contributed by atoms with van der Waals surface area (Å²) in [6.07, 6.45) is 5.53. The molecular formula is C12H14N4O. The van der Waals surface area contributed by atoms with E-state index in [-0.39, 0.29) is 0 Å². The molecule has 0 saturated heterocycles. The molecule has 0 spiro atoms. The predicted molar refractivity (Wildman–Crippen MR) is 62.0 cm³/mol. The van der Waals surface area contributed by atoms with Crippen LogP contribution in [-0.4, -0.2) is 16.5 Å². The van der Waals surface area contributed by atoms with Crippen LogP contribution in [0.3, 0.4) is 0 Å². The van der Waals surface area contributed by atoms with Crippen molar-refractivity contribution in [2.24, 2.45) is 0 Å². The van der Waals surface area contributed by atoms with Crippen LogP contribution in [0.4, 0.5) is 0 Å². The summed E-state index contributed by atoms with van der Waals surface area (Å²) in [5, 5.41) is 11.8. The molecule has 5 nitrogen and oxygen atoms in total. The third kappa shape index (κ3) is 3.47. The third-order valence-electron chi connectivity index (χ3n) is 2.39. The Morgan fingerprint density at radius 1 is 1.47 bits per heavy atom. The molecule has 2 aromatic heterocycles. The van der Waals surface area contributed by atoms with Crippen LogP contribution in [0.1, 0.15) is 23.8 Å². The van der Waals surface area contributed by atoms with E-state index >= 15 is 0 Å². The lowest BCUT2D eigenvalue weighted by Crippen LogP contribution is -2.15. The minimum Gasteiger partial charge on any atom is -0.449 e. The van der Waals surface area contributed by atoms with Gasteiger partial charge in [-0.25, -0.2) is 4.98 Å². The summed E-state index contributed by atoms with van der Waals surface area (Å²) in [6, 6.07) is 5.46. The Hall–Kier alpha value is -2.06. The summed E-state index contributed by atoms with van der Waals surface area (Å²) >= 11 is 0. The fraction of sp³-hybridized carbons (Fsp3) is 0.333. The van der Waals surface area contributed by atoms with Crippen LogP contribution in [-0.2, 0) is 13.0 Å². The lowest BCUT2D eigenvalue weighted by atomic mass is 10.3. The first-order valence-electron chi connectivity index (χ1n) is 5.56. The van der Waals surface area contributed by atoms with Crippen molar-refractivity contribution >= 4 is 0 Å². The quantitative estimate of drug-likeness (QED) is 0.739. The first kappa shape index (κ1) is 11.4. The van der Waals surface area contributed by atoms with Crippen LogP contribution in [0.25, 0.3) is 0 Å². The number of nitriles is 1. The molecule has 0 aliphatic rings. The zero-order chi connectivity index (χ0) is 11.9. The Labute approximate surface area is 99.5 Å². The fourth-order valence-electron chi connectivity index (χ4n) is 1.56. The van der Waals surface area contributed by atoms with E-state index in [2.05, 4.69) is 15.3 Å². The van der Waals surface area contributed by atoms with Crippen molar-refractivity contribution in [1.29, 1.82) is 5.26 Å². The van der Waals surface area contributed by atoms with Crippen molar-refractivity contribution in [3.63, 3.8) is 0 Å². The molecule has 0 aromatic carbocycles. The first-order valence-corrected chi connectivity index (χ1v) is 5.56. The number of nitrogens with zero attached hydrogens (tertiary/aromatic N) is 2. The van der Waals surface area contributed by atoms with Gasteiger partial charge in [0.15, 0.2) is 0 Å². The summed E-state index contributed by atoms with van der Waals surface area (Å²) in [5.41, 5.74) is 0. The fourth-order valence-corrected chi connectivity index (χ4v) is 1.56. The second kappa shape index (κ2) is 5.87. The van der Waals surface area contributed by atoms with Gasteiger partial charge in [-0.05, 0) is 25.1 Å². The summed E-state index contributed by atoms with van der Waals surface area (Å²) in [4.78, 5) is 7.21. The average molecular weight is 230 g/mol. The molecular weight excluding hydrogens is 216 g/mol. The molecule has 0 amide bonds. The Morgan fingerprint density at radius 3 is 3.12 bits per heavy atom. The van der Waals surface area contributed by atoms with E-state index in [9.17, 15) is 0 Å². The standard InChI is InChI=1S/C12H14N4O/c13-8-10-3-4-11(17-10)9-14-5-1-2-12-15-6-7-16-12/h3-4,6-7,14H,1-2,5,9H2,(H,15,16). The highest BCUT2D eigenvalue weighted by Crippen LogP contribution is 2.05. The summed E-state index contributed by atoms with van der Waals surface area (Å²) in [5.74, 6) is 2.16. The molecule has 17 heavy (non-hydrogen) atoms. The molecule has 0 aliphatic carbocycles.